The van der Waals surface area contributed by atoms with Crippen LogP contribution in [0.15, 0.2) is 23.1 Å². The van der Waals surface area contributed by atoms with Crippen LogP contribution < -0.4 is 4.72 Å². The van der Waals surface area contributed by atoms with Gasteiger partial charge in [0.2, 0.25) is 10.0 Å². The quantitative estimate of drug-likeness (QED) is 0.805. The molecule has 0 saturated heterocycles. The summed E-state index contributed by atoms with van der Waals surface area (Å²) in [6.07, 6.45) is 2.40. The zero-order valence-corrected chi connectivity index (χ0v) is 13.4. The van der Waals surface area contributed by atoms with Crippen LogP contribution in [-0.4, -0.2) is 37.7 Å². The van der Waals surface area contributed by atoms with Crippen molar-refractivity contribution in [2.45, 2.75) is 30.8 Å². The maximum atomic E-state index is 13.0. The van der Waals surface area contributed by atoms with Gasteiger partial charge in [0.25, 0.3) is 0 Å². The molecule has 0 unspecified atom stereocenters. The Morgan fingerprint density at radius 2 is 2.10 bits per heavy atom. The Morgan fingerprint density at radius 1 is 1.45 bits per heavy atom. The first-order chi connectivity index (χ1) is 9.18. The van der Waals surface area contributed by atoms with E-state index in [-0.39, 0.29) is 11.4 Å². The van der Waals surface area contributed by atoms with Gasteiger partial charge in [0, 0.05) is 6.54 Å². The molecule has 114 valence electrons. The summed E-state index contributed by atoms with van der Waals surface area (Å²) in [5.74, 6) is 0.262. The molecule has 1 aromatic carbocycles. The zero-order valence-electron chi connectivity index (χ0n) is 11.8. The van der Waals surface area contributed by atoms with Gasteiger partial charge in [-0.3, -0.25) is 0 Å². The van der Waals surface area contributed by atoms with Crippen molar-refractivity contribution in [1.29, 1.82) is 0 Å². The summed E-state index contributed by atoms with van der Waals surface area (Å²) < 4.78 is 39.6. The molecule has 0 aliphatic carbocycles. The SMILES string of the molecule is CSCC[C@@](C)(O)CNS(=O)(=O)c1ccc(F)cc1C. The van der Waals surface area contributed by atoms with Crippen molar-refractivity contribution in [3.63, 3.8) is 0 Å². The number of nitrogens with one attached hydrogen (secondary N) is 1. The first-order valence-electron chi connectivity index (χ1n) is 6.15. The molecule has 0 saturated carbocycles. The monoisotopic (exact) mass is 321 g/mol. The summed E-state index contributed by atoms with van der Waals surface area (Å²) in [5.41, 5.74) is -0.773. The molecule has 0 spiro atoms. The number of halogens is 1. The number of hydrogen-bond acceptors (Lipinski definition) is 4. The largest absolute Gasteiger partial charge is 0.389 e. The van der Waals surface area contributed by atoms with E-state index in [2.05, 4.69) is 4.72 Å². The average Bonchev–Trinajstić information content (AvgIpc) is 2.34. The Balaban J connectivity index is 2.80. The minimum Gasteiger partial charge on any atom is -0.389 e. The van der Waals surface area contributed by atoms with Gasteiger partial charge in [-0.1, -0.05) is 0 Å². The number of aryl methyl sites for hydroxylation is 1. The summed E-state index contributed by atoms with van der Waals surface area (Å²) >= 11 is 1.58. The first-order valence-corrected chi connectivity index (χ1v) is 9.03. The fourth-order valence-electron chi connectivity index (χ4n) is 1.65. The second-order valence-electron chi connectivity index (χ2n) is 4.97. The van der Waals surface area contributed by atoms with Gasteiger partial charge in [-0.05, 0) is 56.0 Å². The van der Waals surface area contributed by atoms with E-state index in [4.69, 9.17) is 0 Å². The normalized spacial score (nSPS) is 15.1. The fourth-order valence-corrected chi connectivity index (χ4v) is 3.68. The third-order valence-corrected chi connectivity index (χ3v) is 5.09. The van der Waals surface area contributed by atoms with Crippen LogP contribution in [0, 0.1) is 12.7 Å². The third kappa shape index (κ3) is 5.05. The smallest absolute Gasteiger partial charge is 0.240 e. The molecule has 0 bridgehead atoms. The van der Waals surface area contributed by atoms with Crippen LogP contribution >= 0.6 is 11.8 Å². The fraction of sp³-hybridized carbons (Fsp3) is 0.538. The van der Waals surface area contributed by atoms with Crippen molar-refractivity contribution in [3.05, 3.63) is 29.6 Å². The lowest BCUT2D eigenvalue weighted by Crippen LogP contribution is -2.41. The molecule has 0 radical (unpaired) electrons. The highest BCUT2D eigenvalue weighted by atomic mass is 32.2. The predicted molar refractivity (Wildman–Crippen MR) is 79.9 cm³/mol. The Morgan fingerprint density at radius 3 is 2.65 bits per heavy atom. The molecule has 0 amide bonds. The highest BCUT2D eigenvalue weighted by Crippen LogP contribution is 2.17. The molecule has 1 aromatic rings. The van der Waals surface area contributed by atoms with Crippen LogP contribution in [0.1, 0.15) is 18.9 Å². The minimum absolute atomic E-state index is 0.0274. The molecular formula is C13H20FNO3S2. The second-order valence-corrected chi connectivity index (χ2v) is 7.70. The molecular weight excluding hydrogens is 301 g/mol. The van der Waals surface area contributed by atoms with Gasteiger partial charge in [0.15, 0.2) is 0 Å². The molecule has 20 heavy (non-hydrogen) atoms. The summed E-state index contributed by atoms with van der Waals surface area (Å²) in [6, 6.07) is 3.50. The van der Waals surface area contributed by atoms with E-state index in [1.165, 1.54) is 19.1 Å². The van der Waals surface area contributed by atoms with Crippen LogP contribution in [-0.2, 0) is 10.0 Å². The van der Waals surface area contributed by atoms with Crippen molar-refractivity contribution in [1.82, 2.24) is 4.72 Å². The Bertz CT molecular complexity index is 559. The highest BCUT2D eigenvalue weighted by molar-refractivity contribution is 7.98. The average molecular weight is 321 g/mol. The first kappa shape index (κ1) is 17.4. The molecule has 7 heteroatoms. The van der Waals surface area contributed by atoms with Crippen LogP contribution in [0.3, 0.4) is 0 Å². The van der Waals surface area contributed by atoms with Crippen molar-refractivity contribution in [2.75, 3.05) is 18.6 Å². The Hall–Kier alpha value is -0.630. The molecule has 0 heterocycles. The lowest BCUT2D eigenvalue weighted by Gasteiger charge is -2.23. The number of rotatable bonds is 7. The van der Waals surface area contributed by atoms with E-state index in [9.17, 15) is 17.9 Å². The minimum atomic E-state index is -3.75. The lowest BCUT2D eigenvalue weighted by atomic mass is 10.1. The lowest BCUT2D eigenvalue weighted by molar-refractivity contribution is 0.0626. The van der Waals surface area contributed by atoms with Crippen LogP contribution in [0.5, 0.6) is 0 Å². The summed E-state index contributed by atoms with van der Waals surface area (Å²) in [7, 11) is -3.75. The molecule has 2 N–H and O–H groups in total. The van der Waals surface area contributed by atoms with Gasteiger partial charge in [-0.2, -0.15) is 11.8 Å². The molecule has 0 fully saturated rings. The van der Waals surface area contributed by atoms with Gasteiger partial charge >= 0.3 is 0 Å². The highest BCUT2D eigenvalue weighted by Gasteiger charge is 2.24. The number of benzene rings is 1. The van der Waals surface area contributed by atoms with E-state index in [1.807, 2.05) is 6.26 Å². The van der Waals surface area contributed by atoms with Crippen molar-refractivity contribution < 1.29 is 17.9 Å². The van der Waals surface area contributed by atoms with Crippen LogP contribution in [0.2, 0.25) is 0 Å². The van der Waals surface area contributed by atoms with E-state index in [0.717, 1.165) is 11.8 Å². The maximum absolute atomic E-state index is 13.0. The molecule has 0 aliphatic rings. The van der Waals surface area contributed by atoms with Crippen LogP contribution in [0.25, 0.3) is 0 Å². The summed E-state index contributed by atoms with van der Waals surface area (Å²) in [6.45, 7) is 3.04. The molecule has 0 aromatic heterocycles. The van der Waals surface area contributed by atoms with Crippen LogP contribution in [0.4, 0.5) is 4.39 Å². The molecule has 1 rings (SSSR count). The number of thioether (sulfide) groups is 1. The number of hydrogen-bond donors (Lipinski definition) is 2. The standard InChI is InChI=1S/C13H20FNO3S2/c1-10-8-11(14)4-5-12(10)20(17,18)15-9-13(2,16)6-7-19-3/h4-5,8,15-16H,6-7,9H2,1-3H3/t13-/m1/s1. The van der Waals surface area contributed by atoms with E-state index < -0.39 is 21.4 Å². The van der Waals surface area contributed by atoms with Crippen molar-refractivity contribution in [2.24, 2.45) is 0 Å². The van der Waals surface area contributed by atoms with Gasteiger partial charge in [-0.25, -0.2) is 17.5 Å². The van der Waals surface area contributed by atoms with Gasteiger partial charge < -0.3 is 5.11 Å². The molecule has 0 aliphatic heterocycles. The Labute approximate surface area is 123 Å². The summed E-state index contributed by atoms with van der Waals surface area (Å²) in [4.78, 5) is 0.0274. The molecule has 4 nitrogen and oxygen atoms in total. The second kappa shape index (κ2) is 6.89. The topological polar surface area (TPSA) is 66.4 Å². The summed E-state index contributed by atoms with van der Waals surface area (Å²) in [5, 5.41) is 10.1. The Kier molecular flexibility index (Phi) is 6.00. The van der Waals surface area contributed by atoms with Gasteiger partial charge in [-0.15, -0.1) is 0 Å². The number of sulfonamides is 1. The molecule has 1 atom stereocenters. The van der Waals surface area contributed by atoms with E-state index >= 15 is 0 Å². The van der Waals surface area contributed by atoms with E-state index in [1.54, 1.807) is 18.7 Å². The van der Waals surface area contributed by atoms with Crippen molar-refractivity contribution >= 4 is 21.8 Å². The third-order valence-electron chi connectivity index (χ3n) is 2.91. The van der Waals surface area contributed by atoms with Gasteiger partial charge in [0.05, 0.1) is 10.5 Å². The number of aliphatic hydroxyl groups is 1. The van der Waals surface area contributed by atoms with Crippen molar-refractivity contribution in [3.8, 4) is 0 Å². The maximum Gasteiger partial charge on any atom is 0.240 e. The van der Waals surface area contributed by atoms with E-state index in [0.29, 0.717) is 12.0 Å². The predicted octanol–water partition coefficient (Wildman–Crippen LogP) is 1.92. The van der Waals surface area contributed by atoms with Gasteiger partial charge in [0.1, 0.15) is 5.82 Å². The zero-order chi connectivity index (χ0) is 15.4.